The zero-order valence-corrected chi connectivity index (χ0v) is 19.0. The molecule has 3 amide bonds. The number of hydrogen-bond acceptors (Lipinski definition) is 6. The number of hydrazine groups is 1. The average molecular weight is 445 g/mol. The number of nitrogens with one attached hydrogen (secondary N) is 3. The lowest BCUT2D eigenvalue weighted by atomic mass is 10.0. The van der Waals surface area contributed by atoms with Crippen molar-refractivity contribution >= 4 is 17.7 Å². The first kappa shape index (κ1) is 24.9. The van der Waals surface area contributed by atoms with E-state index < -0.39 is 23.8 Å². The Morgan fingerprint density at radius 3 is 2.31 bits per heavy atom. The third-order valence-electron chi connectivity index (χ3n) is 4.84. The minimum Gasteiger partial charge on any atom is -0.484 e. The number of carbonyl (C=O) groups excluding carboxylic acids is 3. The Morgan fingerprint density at radius 2 is 1.69 bits per heavy atom. The molecule has 0 fully saturated rings. The van der Waals surface area contributed by atoms with E-state index in [4.69, 9.17) is 9.15 Å². The van der Waals surface area contributed by atoms with Crippen molar-refractivity contribution in [1.29, 1.82) is 0 Å². The van der Waals surface area contributed by atoms with Gasteiger partial charge in [0.25, 0.3) is 11.8 Å². The molecule has 1 aromatic carbocycles. The van der Waals surface area contributed by atoms with E-state index in [0.29, 0.717) is 18.1 Å². The fourth-order valence-electron chi connectivity index (χ4n) is 2.93. The van der Waals surface area contributed by atoms with Crippen molar-refractivity contribution < 1.29 is 23.5 Å². The van der Waals surface area contributed by atoms with Gasteiger partial charge < -0.3 is 14.5 Å². The average Bonchev–Trinajstić information content (AvgIpc) is 3.27. The van der Waals surface area contributed by atoms with Crippen molar-refractivity contribution in [2.24, 2.45) is 5.92 Å². The van der Waals surface area contributed by atoms with Gasteiger partial charge in [0.05, 0.1) is 6.54 Å². The van der Waals surface area contributed by atoms with E-state index in [1.54, 1.807) is 50.2 Å². The molecule has 1 atom stereocenters. The van der Waals surface area contributed by atoms with Crippen LogP contribution in [-0.2, 0) is 16.1 Å². The highest BCUT2D eigenvalue weighted by molar-refractivity contribution is 5.94. The number of benzene rings is 1. The van der Waals surface area contributed by atoms with Gasteiger partial charge in [0.1, 0.15) is 17.6 Å². The molecule has 1 heterocycles. The summed E-state index contributed by atoms with van der Waals surface area (Å²) in [6.45, 7) is 9.78. The summed E-state index contributed by atoms with van der Waals surface area (Å²) in [6.07, 6.45) is 0. The van der Waals surface area contributed by atoms with Gasteiger partial charge in [0.15, 0.2) is 12.4 Å². The minimum absolute atomic E-state index is 0.0915. The number of ether oxygens (including phenoxy) is 1. The molecule has 0 saturated carbocycles. The van der Waals surface area contributed by atoms with Crippen LogP contribution in [-0.4, -0.2) is 48.4 Å². The number of para-hydroxylation sites is 1. The molecule has 3 N–H and O–H groups in total. The Morgan fingerprint density at radius 1 is 1.00 bits per heavy atom. The minimum atomic E-state index is -0.850. The van der Waals surface area contributed by atoms with Crippen LogP contribution in [0.1, 0.15) is 44.0 Å². The summed E-state index contributed by atoms with van der Waals surface area (Å²) in [5, 5.41) is 2.63. The summed E-state index contributed by atoms with van der Waals surface area (Å²) in [4.78, 5) is 39.2. The van der Waals surface area contributed by atoms with Crippen LogP contribution in [0.4, 0.5) is 0 Å². The van der Waals surface area contributed by atoms with Crippen LogP contribution in [0.2, 0.25) is 0 Å². The highest BCUT2D eigenvalue weighted by Crippen LogP contribution is 2.11. The summed E-state index contributed by atoms with van der Waals surface area (Å²) < 4.78 is 11.0. The predicted molar refractivity (Wildman–Crippen MR) is 120 cm³/mol. The van der Waals surface area contributed by atoms with E-state index >= 15 is 0 Å². The molecule has 0 aliphatic heterocycles. The second-order valence-electron chi connectivity index (χ2n) is 7.56. The van der Waals surface area contributed by atoms with E-state index in [0.717, 1.165) is 13.1 Å². The van der Waals surface area contributed by atoms with Crippen molar-refractivity contribution in [2.75, 3.05) is 19.7 Å². The maximum Gasteiger partial charge on any atom is 0.305 e. The molecular weight excluding hydrogens is 412 g/mol. The number of carbonyl (C=O) groups is 3. The molecule has 0 radical (unpaired) electrons. The zero-order valence-electron chi connectivity index (χ0n) is 19.0. The van der Waals surface area contributed by atoms with Crippen molar-refractivity contribution in [2.45, 2.75) is 40.3 Å². The van der Waals surface area contributed by atoms with Crippen LogP contribution in [0.25, 0.3) is 0 Å². The molecule has 1 aromatic heterocycles. The van der Waals surface area contributed by atoms with E-state index in [2.05, 4.69) is 21.1 Å². The Balaban J connectivity index is 1.85. The predicted octanol–water partition coefficient (Wildman–Crippen LogP) is 2.10. The summed E-state index contributed by atoms with van der Waals surface area (Å²) in [5.41, 5.74) is 4.68. The molecule has 0 bridgehead atoms. The fourth-order valence-corrected chi connectivity index (χ4v) is 2.93. The Kier molecular flexibility index (Phi) is 9.75. The third kappa shape index (κ3) is 7.73. The van der Waals surface area contributed by atoms with Gasteiger partial charge in [-0.2, -0.15) is 0 Å². The molecule has 0 aliphatic rings. The van der Waals surface area contributed by atoms with Gasteiger partial charge >= 0.3 is 5.91 Å². The molecule has 2 aromatic rings. The van der Waals surface area contributed by atoms with E-state index in [9.17, 15) is 14.4 Å². The van der Waals surface area contributed by atoms with E-state index in [1.807, 2.05) is 19.9 Å². The lowest BCUT2D eigenvalue weighted by molar-refractivity contribution is -0.131. The first-order valence-electron chi connectivity index (χ1n) is 10.7. The van der Waals surface area contributed by atoms with E-state index in [1.165, 1.54) is 0 Å². The van der Waals surface area contributed by atoms with Crippen molar-refractivity contribution in [3.8, 4) is 5.75 Å². The van der Waals surface area contributed by atoms with Gasteiger partial charge in [-0.25, -0.2) is 0 Å². The van der Waals surface area contributed by atoms with Crippen LogP contribution in [0, 0.1) is 5.92 Å². The maximum atomic E-state index is 12.5. The number of furan rings is 1. The number of rotatable bonds is 11. The third-order valence-corrected chi connectivity index (χ3v) is 4.84. The molecular formula is C23H32N4O5. The molecule has 9 heteroatoms. The van der Waals surface area contributed by atoms with Crippen LogP contribution >= 0.6 is 0 Å². The SMILES string of the molecule is CCN(CC)Cc1ccc(C(=O)NNC(=O)C(NC(=O)COc2ccccc2)C(C)C)o1. The van der Waals surface area contributed by atoms with Crippen LogP contribution in [0.5, 0.6) is 5.75 Å². The monoisotopic (exact) mass is 444 g/mol. The van der Waals surface area contributed by atoms with Gasteiger partial charge in [-0.05, 0) is 43.3 Å². The highest BCUT2D eigenvalue weighted by atomic mass is 16.5. The molecule has 9 nitrogen and oxygen atoms in total. The Labute approximate surface area is 188 Å². The van der Waals surface area contributed by atoms with Crippen molar-refractivity contribution in [3.63, 3.8) is 0 Å². The summed E-state index contributed by atoms with van der Waals surface area (Å²) in [6, 6.07) is 11.3. The quantitative estimate of drug-likeness (QED) is 0.458. The van der Waals surface area contributed by atoms with Crippen molar-refractivity contribution in [3.05, 3.63) is 54.0 Å². The van der Waals surface area contributed by atoms with Crippen LogP contribution in [0.3, 0.4) is 0 Å². The Bertz CT molecular complexity index is 878. The second kappa shape index (κ2) is 12.5. The first-order chi connectivity index (χ1) is 15.3. The largest absolute Gasteiger partial charge is 0.484 e. The smallest absolute Gasteiger partial charge is 0.305 e. The molecule has 0 saturated heterocycles. The fraction of sp³-hybridized carbons (Fsp3) is 0.435. The maximum absolute atomic E-state index is 12.5. The zero-order chi connectivity index (χ0) is 23.5. The summed E-state index contributed by atoms with van der Waals surface area (Å²) in [5.74, 6) is -0.469. The lowest BCUT2D eigenvalue weighted by Crippen LogP contribution is -2.55. The van der Waals surface area contributed by atoms with Gasteiger partial charge in [0.2, 0.25) is 0 Å². The first-order valence-corrected chi connectivity index (χ1v) is 10.7. The van der Waals surface area contributed by atoms with Crippen molar-refractivity contribution in [1.82, 2.24) is 21.1 Å². The molecule has 32 heavy (non-hydrogen) atoms. The van der Waals surface area contributed by atoms with Crippen LogP contribution < -0.4 is 20.9 Å². The topological polar surface area (TPSA) is 113 Å². The van der Waals surface area contributed by atoms with Gasteiger partial charge in [-0.1, -0.05) is 45.9 Å². The molecule has 174 valence electrons. The summed E-state index contributed by atoms with van der Waals surface area (Å²) in [7, 11) is 0. The molecule has 2 rings (SSSR count). The lowest BCUT2D eigenvalue weighted by Gasteiger charge is -2.21. The number of amides is 3. The Hall–Kier alpha value is -3.33. The van der Waals surface area contributed by atoms with Gasteiger partial charge in [-0.15, -0.1) is 0 Å². The van der Waals surface area contributed by atoms with Gasteiger partial charge in [-0.3, -0.25) is 30.1 Å². The summed E-state index contributed by atoms with van der Waals surface area (Å²) >= 11 is 0. The van der Waals surface area contributed by atoms with Gasteiger partial charge in [0, 0.05) is 0 Å². The molecule has 0 aliphatic carbocycles. The van der Waals surface area contributed by atoms with Crippen LogP contribution in [0.15, 0.2) is 46.9 Å². The molecule has 0 spiro atoms. The second-order valence-corrected chi connectivity index (χ2v) is 7.56. The molecule has 1 unspecified atom stereocenters. The number of nitrogens with zero attached hydrogens (tertiary/aromatic N) is 1. The standard InChI is InChI=1S/C23H32N4O5/c1-5-27(6-2)14-18-12-13-19(32-18)22(29)25-26-23(30)21(16(3)4)24-20(28)15-31-17-10-8-7-9-11-17/h7-13,16,21H,5-6,14-15H2,1-4H3,(H,24,28)(H,25,29)(H,26,30). The highest BCUT2D eigenvalue weighted by Gasteiger charge is 2.25. The normalized spacial score (nSPS) is 11.8. The number of hydrogen-bond donors (Lipinski definition) is 3. The van der Waals surface area contributed by atoms with E-state index in [-0.39, 0.29) is 18.3 Å².